The van der Waals surface area contributed by atoms with E-state index in [0.717, 1.165) is 5.56 Å². The van der Waals surface area contributed by atoms with Gasteiger partial charge in [0.05, 0.1) is 25.0 Å². The number of aliphatic hydroxyl groups is 1. The number of benzene rings is 2. The highest BCUT2D eigenvalue weighted by Crippen LogP contribution is 2.28. The molecule has 0 saturated carbocycles. The number of nitrogens with two attached hydrogens (primary N) is 1. The monoisotopic (exact) mass is 273 g/mol. The Labute approximate surface area is 116 Å². The molecule has 104 valence electrons. The Balaban J connectivity index is 2.23. The molecule has 2 aromatic rings. The minimum Gasteiger partial charge on any atom is -0.465 e. The summed E-state index contributed by atoms with van der Waals surface area (Å²) in [4.78, 5) is 11.4. The van der Waals surface area contributed by atoms with Gasteiger partial charge in [0.2, 0.25) is 0 Å². The molecule has 0 aliphatic rings. The number of nitrogen functional groups attached to an aromatic ring is 1. The number of anilines is 1. The maximum absolute atomic E-state index is 11.4. The topological polar surface area (TPSA) is 81.8 Å². The molecule has 20 heavy (non-hydrogen) atoms. The molecule has 0 unspecified atom stereocenters. The van der Waals surface area contributed by atoms with Crippen LogP contribution in [0.25, 0.3) is 0 Å². The average Bonchev–Trinajstić information content (AvgIpc) is 2.48. The third-order valence-electron chi connectivity index (χ3n) is 2.74. The van der Waals surface area contributed by atoms with Crippen LogP contribution in [0.3, 0.4) is 0 Å². The molecule has 0 radical (unpaired) electrons. The van der Waals surface area contributed by atoms with Gasteiger partial charge in [0.1, 0.15) is 11.5 Å². The van der Waals surface area contributed by atoms with Crippen LogP contribution in [0.2, 0.25) is 0 Å². The van der Waals surface area contributed by atoms with Gasteiger partial charge in [-0.15, -0.1) is 0 Å². The van der Waals surface area contributed by atoms with Crippen molar-refractivity contribution in [3.8, 4) is 11.5 Å². The number of carbonyl (C=O) groups is 1. The third kappa shape index (κ3) is 3.07. The van der Waals surface area contributed by atoms with Crippen molar-refractivity contribution in [3.05, 3.63) is 53.6 Å². The van der Waals surface area contributed by atoms with Crippen molar-refractivity contribution in [1.29, 1.82) is 0 Å². The molecule has 0 amide bonds. The summed E-state index contributed by atoms with van der Waals surface area (Å²) in [6.07, 6.45) is 0. The van der Waals surface area contributed by atoms with E-state index < -0.39 is 5.97 Å². The Morgan fingerprint density at radius 3 is 2.70 bits per heavy atom. The first-order valence-corrected chi connectivity index (χ1v) is 5.99. The van der Waals surface area contributed by atoms with Gasteiger partial charge in [0, 0.05) is 0 Å². The summed E-state index contributed by atoms with van der Waals surface area (Å²) in [5.41, 5.74) is 7.29. The van der Waals surface area contributed by atoms with Crippen LogP contribution in [0.1, 0.15) is 15.9 Å². The Hall–Kier alpha value is -2.53. The molecule has 5 heteroatoms. The van der Waals surface area contributed by atoms with E-state index in [0.29, 0.717) is 22.7 Å². The first-order chi connectivity index (χ1) is 9.63. The van der Waals surface area contributed by atoms with Crippen LogP contribution >= 0.6 is 0 Å². The Kier molecular flexibility index (Phi) is 4.22. The largest absolute Gasteiger partial charge is 0.465 e. The molecule has 0 aromatic heterocycles. The van der Waals surface area contributed by atoms with E-state index in [2.05, 4.69) is 4.74 Å². The standard InChI is InChI=1S/C15H15NO4/c1-19-15(18)11-5-6-14(13(16)8-11)20-12-4-2-3-10(7-12)9-17/h2-8,17H,9,16H2,1H3. The van der Waals surface area contributed by atoms with Crippen molar-refractivity contribution in [2.45, 2.75) is 6.61 Å². The van der Waals surface area contributed by atoms with Gasteiger partial charge in [-0.2, -0.15) is 0 Å². The highest BCUT2D eigenvalue weighted by molar-refractivity contribution is 5.90. The fourth-order valence-corrected chi connectivity index (χ4v) is 1.72. The predicted molar refractivity (Wildman–Crippen MR) is 74.6 cm³/mol. The molecule has 0 saturated heterocycles. The van der Waals surface area contributed by atoms with E-state index in [1.54, 1.807) is 36.4 Å². The molecule has 5 nitrogen and oxygen atoms in total. The van der Waals surface area contributed by atoms with Gasteiger partial charge in [-0.3, -0.25) is 0 Å². The fourth-order valence-electron chi connectivity index (χ4n) is 1.72. The molecule has 0 atom stereocenters. The Bertz CT molecular complexity index is 625. The lowest BCUT2D eigenvalue weighted by Gasteiger charge is -2.10. The number of carbonyl (C=O) groups excluding carboxylic acids is 1. The van der Waals surface area contributed by atoms with Crippen LogP contribution < -0.4 is 10.5 Å². The van der Waals surface area contributed by atoms with Crippen LogP contribution in [0.15, 0.2) is 42.5 Å². The Morgan fingerprint density at radius 2 is 2.05 bits per heavy atom. The van der Waals surface area contributed by atoms with E-state index in [9.17, 15) is 4.79 Å². The van der Waals surface area contributed by atoms with Gasteiger partial charge >= 0.3 is 5.97 Å². The molecule has 2 rings (SSSR count). The zero-order chi connectivity index (χ0) is 14.5. The molecule has 0 bridgehead atoms. The maximum atomic E-state index is 11.4. The summed E-state index contributed by atoms with van der Waals surface area (Å²) in [7, 11) is 1.31. The van der Waals surface area contributed by atoms with Gasteiger partial charge in [0.25, 0.3) is 0 Å². The van der Waals surface area contributed by atoms with E-state index in [1.165, 1.54) is 13.2 Å². The zero-order valence-corrected chi connectivity index (χ0v) is 11.0. The van der Waals surface area contributed by atoms with Crippen LogP contribution in [0, 0.1) is 0 Å². The quantitative estimate of drug-likeness (QED) is 0.660. The summed E-state index contributed by atoms with van der Waals surface area (Å²) in [5.74, 6) is 0.548. The minimum atomic E-state index is -0.453. The van der Waals surface area contributed by atoms with Crippen molar-refractivity contribution >= 4 is 11.7 Å². The molecule has 0 aliphatic carbocycles. The second kappa shape index (κ2) is 6.08. The van der Waals surface area contributed by atoms with Crippen LogP contribution in [0.4, 0.5) is 5.69 Å². The molecule has 0 heterocycles. The van der Waals surface area contributed by atoms with Gasteiger partial charge in [0.15, 0.2) is 0 Å². The number of rotatable bonds is 4. The summed E-state index contributed by atoms with van der Waals surface area (Å²) in [6.45, 7) is -0.0615. The van der Waals surface area contributed by atoms with Crippen molar-refractivity contribution in [1.82, 2.24) is 0 Å². The Morgan fingerprint density at radius 1 is 1.25 bits per heavy atom. The van der Waals surface area contributed by atoms with Crippen LogP contribution in [-0.2, 0) is 11.3 Å². The summed E-state index contributed by atoms with van der Waals surface area (Å²) in [5, 5.41) is 9.08. The van der Waals surface area contributed by atoms with Gasteiger partial charge < -0.3 is 20.3 Å². The van der Waals surface area contributed by atoms with Crippen molar-refractivity contribution in [2.75, 3.05) is 12.8 Å². The average molecular weight is 273 g/mol. The molecular weight excluding hydrogens is 258 g/mol. The number of ether oxygens (including phenoxy) is 2. The van der Waals surface area contributed by atoms with E-state index in [1.807, 2.05) is 0 Å². The molecule has 0 aliphatic heterocycles. The normalized spacial score (nSPS) is 10.1. The number of hydrogen-bond acceptors (Lipinski definition) is 5. The van der Waals surface area contributed by atoms with Gasteiger partial charge in [-0.05, 0) is 35.9 Å². The molecule has 0 fully saturated rings. The van der Waals surface area contributed by atoms with Crippen LogP contribution in [-0.4, -0.2) is 18.2 Å². The van der Waals surface area contributed by atoms with Gasteiger partial charge in [-0.1, -0.05) is 12.1 Å². The smallest absolute Gasteiger partial charge is 0.337 e. The molecule has 3 N–H and O–H groups in total. The SMILES string of the molecule is COC(=O)c1ccc(Oc2cccc(CO)c2)c(N)c1. The van der Waals surface area contributed by atoms with Crippen LogP contribution in [0.5, 0.6) is 11.5 Å². The first kappa shape index (κ1) is 13.9. The first-order valence-electron chi connectivity index (χ1n) is 5.99. The molecular formula is C15H15NO4. The predicted octanol–water partition coefficient (Wildman–Crippen LogP) is 2.34. The van der Waals surface area contributed by atoms with E-state index in [4.69, 9.17) is 15.6 Å². The second-order valence-corrected chi connectivity index (χ2v) is 4.15. The lowest BCUT2D eigenvalue weighted by Crippen LogP contribution is -2.02. The lowest BCUT2D eigenvalue weighted by molar-refractivity contribution is 0.0601. The zero-order valence-electron chi connectivity index (χ0n) is 11.0. The molecule has 0 spiro atoms. The summed E-state index contributed by atoms with van der Waals surface area (Å²) >= 11 is 0. The van der Waals surface area contributed by atoms with Crippen molar-refractivity contribution in [2.24, 2.45) is 0 Å². The lowest BCUT2D eigenvalue weighted by atomic mass is 10.2. The fraction of sp³-hybridized carbons (Fsp3) is 0.133. The number of esters is 1. The van der Waals surface area contributed by atoms with Crippen molar-refractivity contribution in [3.63, 3.8) is 0 Å². The third-order valence-corrected chi connectivity index (χ3v) is 2.74. The highest BCUT2D eigenvalue weighted by atomic mass is 16.5. The summed E-state index contributed by atoms with van der Waals surface area (Å²) < 4.78 is 10.2. The number of hydrogen-bond donors (Lipinski definition) is 2. The number of methoxy groups -OCH3 is 1. The second-order valence-electron chi connectivity index (χ2n) is 4.15. The van der Waals surface area contributed by atoms with Gasteiger partial charge in [-0.25, -0.2) is 4.79 Å². The van der Waals surface area contributed by atoms with Crippen molar-refractivity contribution < 1.29 is 19.4 Å². The number of aliphatic hydroxyl groups excluding tert-OH is 1. The minimum absolute atomic E-state index is 0.0615. The highest BCUT2D eigenvalue weighted by Gasteiger charge is 2.09. The molecule has 2 aromatic carbocycles. The summed E-state index contributed by atoms with van der Waals surface area (Å²) in [6, 6.07) is 11.7. The maximum Gasteiger partial charge on any atom is 0.337 e. The van der Waals surface area contributed by atoms with E-state index >= 15 is 0 Å². The van der Waals surface area contributed by atoms with E-state index in [-0.39, 0.29) is 6.61 Å².